The molecule has 0 bridgehead atoms. The van der Waals surface area contributed by atoms with Crippen LogP contribution >= 0.6 is 10.7 Å². The smallest absolute Gasteiger partial charge is 0.212 e. The molecule has 1 fully saturated rings. The van der Waals surface area contributed by atoms with Crippen molar-refractivity contribution >= 4 is 19.7 Å². The van der Waals surface area contributed by atoms with Gasteiger partial charge < -0.3 is 0 Å². The number of halogens is 1. The molecule has 10 heavy (non-hydrogen) atoms. The minimum Gasteiger partial charge on any atom is -0.212 e. The summed E-state index contributed by atoms with van der Waals surface area (Å²) in [6.07, 6.45) is 2.60. The standard InChI is InChI=1S/C6H11ClO2S/c1-2-5-3-6(4-5)10(7,8)9/h5-6H,2-4H2,1H3. The van der Waals surface area contributed by atoms with Crippen LogP contribution in [-0.2, 0) is 9.05 Å². The van der Waals surface area contributed by atoms with E-state index in [1.54, 1.807) is 0 Å². The molecular weight excluding hydrogens is 172 g/mol. The first-order valence-electron chi connectivity index (χ1n) is 3.47. The van der Waals surface area contributed by atoms with E-state index in [9.17, 15) is 8.42 Å². The second-order valence-corrected chi connectivity index (χ2v) is 5.75. The minimum absolute atomic E-state index is 0.251. The first kappa shape index (κ1) is 8.34. The molecule has 0 aromatic heterocycles. The highest BCUT2D eigenvalue weighted by Gasteiger charge is 2.36. The molecule has 0 heterocycles. The third kappa shape index (κ3) is 1.64. The summed E-state index contributed by atoms with van der Waals surface area (Å²) in [5.74, 6) is 0.596. The Balaban J connectivity index is 2.41. The van der Waals surface area contributed by atoms with Gasteiger partial charge in [0.1, 0.15) is 0 Å². The fourth-order valence-electron chi connectivity index (χ4n) is 1.24. The van der Waals surface area contributed by atoms with E-state index in [4.69, 9.17) is 10.7 Å². The Morgan fingerprint density at radius 1 is 1.50 bits per heavy atom. The van der Waals surface area contributed by atoms with Crippen molar-refractivity contribution in [3.63, 3.8) is 0 Å². The molecule has 1 rings (SSSR count). The summed E-state index contributed by atoms with van der Waals surface area (Å²) in [5.41, 5.74) is 0. The third-order valence-corrected chi connectivity index (χ3v) is 4.11. The van der Waals surface area contributed by atoms with E-state index in [1.165, 1.54) is 0 Å². The Hall–Kier alpha value is 0.240. The molecule has 0 aliphatic heterocycles. The molecular formula is C6H11ClO2S. The molecule has 4 heteroatoms. The van der Waals surface area contributed by atoms with E-state index >= 15 is 0 Å². The molecule has 0 spiro atoms. The van der Waals surface area contributed by atoms with Crippen molar-refractivity contribution in [2.45, 2.75) is 31.4 Å². The molecule has 0 unspecified atom stereocenters. The monoisotopic (exact) mass is 182 g/mol. The van der Waals surface area contributed by atoms with Gasteiger partial charge in [0, 0.05) is 10.7 Å². The number of hydrogen-bond donors (Lipinski definition) is 0. The summed E-state index contributed by atoms with van der Waals surface area (Å²) >= 11 is 0. The summed E-state index contributed by atoms with van der Waals surface area (Å²) in [5, 5.41) is -0.251. The predicted molar refractivity (Wildman–Crippen MR) is 41.6 cm³/mol. The molecule has 0 aromatic rings. The van der Waals surface area contributed by atoms with Crippen LogP contribution in [0.3, 0.4) is 0 Å². The third-order valence-electron chi connectivity index (χ3n) is 2.17. The van der Waals surface area contributed by atoms with Gasteiger partial charge in [-0.1, -0.05) is 13.3 Å². The van der Waals surface area contributed by atoms with Gasteiger partial charge in [-0.05, 0) is 18.8 Å². The van der Waals surface area contributed by atoms with Crippen molar-refractivity contribution in [3.8, 4) is 0 Å². The van der Waals surface area contributed by atoms with Gasteiger partial charge in [0.15, 0.2) is 0 Å². The van der Waals surface area contributed by atoms with E-state index in [0.29, 0.717) is 5.92 Å². The zero-order valence-corrected chi connectivity index (χ0v) is 7.45. The Labute approximate surface area is 66.0 Å². The fourth-order valence-corrected chi connectivity index (χ4v) is 2.68. The quantitative estimate of drug-likeness (QED) is 0.610. The molecule has 60 valence electrons. The maximum absolute atomic E-state index is 10.6. The van der Waals surface area contributed by atoms with Gasteiger partial charge >= 0.3 is 0 Å². The minimum atomic E-state index is -3.24. The van der Waals surface area contributed by atoms with Crippen LogP contribution in [0.15, 0.2) is 0 Å². The summed E-state index contributed by atoms with van der Waals surface area (Å²) in [6, 6.07) is 0. The van der Waals surface area contributed by atoms with Crippen molar-refractivity contribution in [1.29, 1.82) is 0 Å². The molecule has 0 N–H and O–H groups in total. The largest absolute Gasteiger partial charge is 0.235 e. The molecule has 0 amide bonds. The highest BCUT2D eigenvalue weighted by molar-refractivity contribution is 8.14. The average Bonchev–Trinajstić information content (AvgIpc) is 1.57. The molecule has 2 nitrogen and oxygen atoms in total. The van der Waals surface area contributed by atoms with Crippen LogP contribution in [-0.4, -0.2) is 13.7 Å². The molecule has 1 aliphatic rings. The van der Waals surface area contributed by atoms with Crippen molar-refractivity contribution < 1.29 is 8.42 Å². The fraction of sp³-hybridized carbons (Fsp3) is 1.00. The normalized spacial score (nSPS) is 33.4. The maximum atomic E-state index is 10.6. The van der Waals surface area contributed by atoms with Gasteiger partial charge in [0.05, 0.1) is 5.25 Å². The van der Waals surface area contributed by atoms with E-state index in [-0.39, 0.29) is 5.25 Å². The topological polar surface area (TPSA) is 34.1 Å². The summed E-state index contributed by atoms with van der Waals surface area (Å²) in [7, 11) is 1.89. The van der Waals surface area contributed by atoms with E-state index < -0.39 is 9.05 Å². The van der Waals surface area contributed by atoms with Crippen LogP contribution in [0.5, 0.6) is 0 Å². The first-order valence-corrected chi connectivity index (χ1v) is 5.84. The molecule has 0 atom stereocenters. The van der Waals surface area contributed by atoms with Crippen LogP contribution < -0.4 is 0 Å². The number of hydrogen-bond acceptors (Lipinski definition) is 2. The Morgan fingerprint density at radius 3 is 2.30 bits per heavy atom. The Morgan fingerprint density at radius 2 is 2.00 bits per heavy atom. The van der Waals surface area contributed by atoms with Gasteiger partial charge in [-0.3, -0.25) is 0 Å². The van der Waals surface area contributed by atoms with Crippen molar-refractivity contribution in [2.75, 3.05) is 0 Å². The van der Waals surface area contributed by atoms with Gasteiger partial charge in [0.2, 0.25) is 9.05 Å². The van der Waals surface area contributed by atoms with Gasteiger partial charge in [-0.15, -0.1) is 0 Å². The molecule has 1 saturated carbocycles. The number of rotatable bonds is 2. The SMILES string of the molecule is CCC1CC(S(=O)(=O)Cl)C1. The van der Waals surface area contributed by atoms with Crippen LogP contribution in [0.4, 0.5) is 0 Å². The van der Waals surface area contributed by atoms with Crippen molar-refractivity contribution in [2.24, 2.45) is 5.92 Å². The zero-order chi connectivity index (χ0) is 7.78. The van der Waals surface area contributed by atoms with Gasteiger partial charge in [0.25, 0.3) is 0 Å². The van der Waals surface area contributed by atoms with Crippen LogP contribution in [0, 0.1) is 5.92 Å². The summed E-state index contributed by atoms with van der Waals surface area (Å²) in [6.45, 7) is 2.07. The van der Waals surface area contributed by atoms with Gasteiger partial charge in [-0.25, -0.2) is 8.42 Å². The van der Waals surface area contributed by atoms with Crippen molar-refractivity contribution in [1.82, 2.24) is 0 Å². The molecule has 0 radical (unpaired) electrons. The lowest BCUT2D eigenvalue weighted by molar-refractivity contribution is 0.309. The lowest BCUT2D eigenvalue weighted by atomic mass is 9.83. The lowest BCUT2D eigenvalue weighted by Crippen LogP contribution is -2.32. The highest BCUT2D eigenvalue weighted by atomic mass is 35.7. The van der Waals surface area contributed by atoms with Gasteiger partial charge in [-0.2, -0.15) is 0 Å². The maximum Gasteiger partial charge on any atom is 0.235 e. The lowest BCUT2D eigenvalue weighted by Gasteiger charge is -2.31. The molecule has 0 aromatic carbocycles. The van der Waals surface area contributed by atoms with E-state index in [1.807, 2.05) is 0 Å². The molecule has 1 aliphatic carbocycles. The average molecular weight is 183 g/mol. The van der Waals surface area contributed by atoms with Crippen LogP contribution in [0.1, 0.15) is 26.2 Å². The summed E-state index contributed by atoms with van der Waals surface area (Å²) < 4.78 is 21.3. The van der Waals surface area contributed by atoms with Crippen LogP contribution in [0.25, 0.3) is 0 Å². The predicted octanol–water partition coefficient (Wildman–Crippen LogP) is 1.74. The van der Waals surface area contributed by atoms with Crippen molar-refractivity contribution in [3.05, 3.63) is 0 Å². The van der Waals surface area contributed by atoms with E-state index in [2.05, 4.69) is 6.92 Å². The Bertz CT molecular complexity index is 204. The first-order chi connectivity index (χ1) is 4.54. The van der Waals surface area contributed by atoms with Crippen LogP contribution in [0.2, 0.25) is 0 Å². The zero-order valence-electron chi connectivity index (χ0n) is 5.88. The molecule has 0 saturated heterocycles. The second-order valence-electron chi connectivity index (χ2n) is 2.84. The Kier molecular flexibility index (Phi) is 2.25. The second kappa shape index (κ2) is 2.70. The summed E-state index contributed by atoms with van der Waals surface area (Å²) in [4.78, 5) is 0. The van der Waals surface area contributed by atoms with E-state index in [0.717, 1.165) is 19.3 Å². The highest BCUT2D eigenvalue weighted by Crippen LogP contribution is 2.36.